The van der Waals surface area contributed by atoms with Gasteiger partial charge in [0.2, 0.25) is 11.6 Å². The lowest BCUT2D eigenvalue weighted by Gasteiger charge is -2.15. The number of halogens is 4. The van der Waals surface area contributed by atoms with E-state index in [4.69, 9.17) is 4.55 Å². The quantitative estimate of drug-likeness (QED) is 0.398. The number of ether oxygens (including phenoxy) is 2. The fourth-order valence-corrected chi connectivity index (χ4v) is 1.77. The fourth-order valence-electron chi connectivity index (χ4n) is 1.14. The molecule has 0 aliphatic rings. The summed E-state index contributed by atoms with van der Waals surface area (Å²) in [7, 11) is -4.38. The molecule has 1 rings (SSSR count). The summed E-state index contributed by atoms with van der Waals surface area (Å²) in [6.45, 7) is 1.17. The first kappa shape index (κ1) is 15.7. The number of hydrogen-bond donors (Lipinski definition) is 1. The normalized spacial score (nSPS) is 13.4. The van der Waals surface area contributed by atoms with Crippen LogP contribution in [0.25, 0.3) is 0 Å². The van der Waals surface area contributed by atoms with E-state index >= 15 is 0 Å². The zero-order chi connectivity index (χ0) is 15.0. The molecule has 0 aliphatic carbocycles. The van der Waals surface area contributed by atoms with Crippen LogP contribution >= 0.6 is 0 Å². The molecule has 0 amide bonds. The molecule has 1 unspecified atom stereocenters. The van der Waals surface area contributed by atoms with Crippen molar-refractivity contribution in [2.45, 2.75) is 18.1 Å². The predicted molar refractivity (Wildman–Crippen MR) is 53.2 cm³/mol. The molecule has 5 nitrogen and oxygen atoms in total. The molecule has 0 fully saturated rings. The van der Waals surface area contributed by atoms with Crippen molar-refractivity contribution in [3.63, 3.8) is 0 Å². The van der Waals surface area contributed by atoms with Crippen molar-refractivity contribution < 1.29 is 40.0 Å². The van der Waals surface area contributed by atoms with E-state index in [0.29, 0.717) is 0 Å². The summed E-state index contributed by atoms with van der Waals surface area (Å²) in [4.78, 5) is -2.13. The van der Waals surface area contributed by atoms with Crippen LogP contribution in [-0.2, 0) is 14.9 Å². The molecule has 1 aromatic rings. The summed E-state index contributed by atoms with van der Waals surface area (Å²) in [5.41, 5.74) is 0. The molecule has 1 aromatic carbocycles. The summed E-state index contributed by atoms with van der Waals surface area (Å²) in [5.74, 6) is -10.3. The van der Waals surface area contributed by atoms with E-state index in [9.17, 15) is 26.0 Å². The maximum absolute atomic E-state index is 13.4. The molecule has 0 saturated heterocycles. The van der Waals surface area contributed by atoms with E-state index in [0.717, 1.165) is 7.11 Å². The third-order valence-corrected chi connectivity index (χ3v) is 2.93. The van der Waals surface area contributed by atoms with Crippen LogP contribution in [0.5, 0.6) is 5.75 Å². The largest absolute Gasteiger partial charge is 0.459 e. The van der Waals surface area contributed by atoms with Gasteiger partial charge in [-0.15, -0.1) is 0 Å². The number of methoxy groups -OCH3 is 1. The maximum Gasteiger partial charge on any atom is 0.300 e. The lowest BCUT2D eigenvalue weighted by Crippen LogP contribution is -2.18. The summed E-state index contributed by atoms with van der Waals surface area (Å²) >= 11 is 0. The zero-order valence-corrected chi connectivity index (χ0v) is 10.4. The molecule has 0 heterocycles. The second-order valence-corrected chi connectivity index (χ2v) is 4.67. The highest BCUT2D eigenvalue weighted by Gasteiger charge is 2.33. The number of benzene rings is 1. The zero-order valence-electron chi connectivity index (χ0n) is 9.58. The Balaban J connectivity index is 3.57. The number of rotatable bonds is 4. The van der Waals surface area contributed by atoms with Gasteiger partial charge < -0.3 is 9.47 Å². The first-order chi connectivity index (χ1) is 8.61. The van der Waals surface area contributed by atoms with Crippen LogP contribution in [0.1, 0.15) is 6.92 Å². The molecule has 19 heavy (non-hydrogen) atoms. The monoisotopic (exact) mass is 304 g/mol. The van der Waals surface area contributed by atoms with Gasteiger partial charge >= 0.3 is 10.1 Å². The second kappa shape index (κ2) is 5.31. The van der Waals surface area contributed by atoms with E-state index in [2.05, 4.69) is 9.47 Å². The molecular formula is C9H8F4O5S. The van der Waals surface area contributed by atoms with Crippen LogP contribution in [0.4, 0.5) is 17.6 Å². The molecule has 0 spiro atoms. The van der Waals surface area contributed by atoms with Gasteiger partial charge in [0.1, 0.15) is 0 Å². The fraction of sp³-hybridized carbons (Fsp3) is 0.333. The van der Waals surface area contributed by atoms with E-state index in [1.165, 1.54) is 6.92 Å². The third-order valence-electron chi connectivity index (χ3n) is 2.06. The van der Waals surface area contributed by atoms with Crippen molar-refractivity contribution in [3.8, 4) is 5.75 Å². The molecule has 0 radical (unpaired) electrons. The summed E-state index contributed by atoms with van der Waals surface area (Å²) in [6.07, 6.45) is -1.25. The van der Waals surface area contributed by atoms with Gasteiger partial charge in [0.25, 0.3) is 0 Å². The molecule has 10 heteroatoms. The average molecular weight is 304 g/mol. The Kier molecular flexibility index (Phi) is 4.38. The van der Waals surface area contributed by atoms with E-state index < -0.39 is 50.3 Å². The third kappa shape index (κ3) is 2.96. The Hall–Kier alpha value is -1.39. The number of hydrogen-bond acceptors (Lipinski definition) is 4. The van der Waals surface area contributed by atoms with E-state index in [-0.39, 0.29) is 0 Å². The van der Waals surface area contributed by atoms with Gasteiger partial charge in [0.15, 0.2) is 28.6 Å². The topological polar surface area (TPSA) is 72.8 Å². The van der Waals surface area contributed by atoms with Gasteiger partial charge in [-0.3, -0.25) is 4.55 Å². The van der Waals surface area contributed by atoms with Crippen molar-refractivity contribution >= 4 is 10.1 Å². The molecule has 1 N–H and O–H groups in total. The van der Waals surface area contributed by atoms with Crippen LogP contribution in [0.2, 0.25) is 0 Å². The van der Waals surface area contributed by atoms with Crippen LogP contribution in [0.15, 0.2) is 4.90 Å². The first-order valence-electron chi connectivity index (χ1n) is 4.64. The van der Waals surface area contributed by atoms with Crippen molar-refractivity contribution in [2.24, 2.45) is 0 Å². The second-order valence-electron chi connectivity index (χ2n) is 3.31. The van der Waals surface area contributed by atoms with E-state index in [1.54, 1.807) is 0 Å². The summed E-state index contributed by atoms with van der Waals surface area (Å²) in [5, 5.41) is 0. The van der Waals surface area contributed by atoms with Crippen molar-refractivity contribution in [3.05, 3.63) is 23.3 Å². The van der Waals surface area contributed by atoms with Gasteiger partial charge in [-0.05, 0) is 6.92 Å². The Labute approximate surface area is 105 Å². The Morgan fingerprint density at radius 3 is 1.79 bits per heavy atom. The van der Waals surface area contributed by atoms with Gasteiger partial charge in [0.05, 0.1) is 0 Å². The van der Waals surface area contributed by atoms with Gasteiger partial charge in [-0.2, -0.15) is 17.2 Å². The lowest BCUT2D eigenvalue weighted by atomic mass is 10.3. The van der Waals surface area contributed by atoms with Gasteiger partial charge in [0, 0.05) is 7.11 Å². The average Bonchev–Trinajstić information content (AvgIpc) is 2.30. The highest BCUT2D eigenvalue weighted by molar-refractivity contribution is 7.85. The molecule has 0 saturated carbocycles. The summed E-state index contributed by atoms with van der Waals surface area (Å²) < 4.78 is 92.1. The lowest BCUT2D eigenvalue weighted by molar-refractivity contribution is -0.0435. The first-order valence-corrected chi connectivity index (χ1v) is 6.08. The Bertz CT molecular complexity index is 572. The molecular weight excluding hydrogens is 296 g/mol. The summed E-state index contributed by atoms with van der Waals surface area (Å²) in [6, 6.07) is 0. The van der Waals surface area contributed by atoms with Crippen molar-refractivity contribution in [1.82, 2.24) is 0 Å². The molecule has 108 valence electrons. The van der Waals surface area contributed by atoms with E-state index in [1.807, 2.05) is 0 Å². The standard InChI is InChI=1S/C9H8F4O5S/c1-3(17-2)18-8-4(10)6(12)9(19(14,15)16)7(13)5(8)11/h3H,1-2H3,(H,14,15,16). The molecule has 1 atom stereocenters. The van der Waals surface area contributed by atoms with Crippen molar-refractivity contribution in [2.75, 3.05) is 7.11 Å². The Morgan fingerprint density at radius 1 is 1.05 bits per heavy atom. The van der Waals surface area contributed by atoms with Gasteiger partial charge in [-0.1, -0.05) is 0 Å². The highest BCUT2D eigenvalue weighted by Crippen LogP contribution is 2.32. The molecule has 0 bridgehead atoms. The smallest absolute Gasteiger partial charge is 0.300 e. The van der Waals surface area contributed by atoms with Crippen molar-refractivity contribution in [1.29, 1.82) is 0 Å². The Morgan fingerprint density at radius 2 is 1.47 bits per heavy atom. The minimum Gasteiger partial charge on any atom is -0.459 e. The van der Waals surface area contributed by atoms with Crippen LogP contribution < -0.4 is 4.74 Å². The molecule has 0 aromatic heterocycles. The minimum absolute atomic E-state index is 1.10. The maximum atomic E-state index is 13.4. The highest BCUT2D eigenvalue weighted by atomic mass is 32.2. The minimum atomic E-state index is -5.48. The van der Waals surface area contributed by atoms with Crippen LogP contribution in [-0.4, -0.2) is 26.4 Å². The SMILES string of the molecule is COC(C)Oc1c(F)c(F)c(S(=O)(=O)O)c(F)c1F. The molecule has 0 aliphatic heterocycles. The van der Waals surface area contributed by atoms with Gasteiger partial charge in [-0.25, -0.2) is 8.78 Å². The van der Waals surface area contributed by atoms with Crippen LogP contribution in [0, 0.1) is 23.3 Å². The predicted octanol–water partition coefficient (Wildman–Crippen LogP) is 1.86. The van der Waals surface area contributed by atoms with Crippen LogP contribution in [0.3, 0.4) is 0 Å².